The van der Waals surface area contributed by atoms with Crippen molar-refractivity contribution in [1.82, 2.24) is 4.98 Å². The fourth-order valence-corrected chi connectivity index (χ4v) is 1.52. The molecule has 8 nitrogen and oxygen atoms in total. The van der Waals surface area contributed by atoms with Crippen LogP contribution in [0, 0.1) is 10.1 Å². The lowest BCUT2D eigenvalue weighted by atomic mass is 10.0. The second-order valence-electron chi connectivity index (χ2n) is 4.63. The molecule has 0 saturated heterocycles. The van der Waals surface area contributed by atoms with E-state index in [4.69, 9.17) is 10.2 Å². The highest BCUT2D eigenvalue weighted by Gasteiger charge is 2.23. The van der Waals surface area contributed by atoms with Gasteiger partial charge in [0.05, 0.1) is 4.92 Å². The Bertz CT molecular complexity index is 501. The zero-order chi connectivity index (χ0) is 14.6. The van der Waals surface area contributed by atoms with Crippen LogP contribution < -0.4 is 5.32 Å². The number of carboxylic acids is 1. The number of aliphatic hydroxyl groups excluding tert-OH is 1. The first-order valence-corrected chi connectivity index (χ1v) is 5.53. The smallest absolute Gasteiger partial charge is 0.342 e. The van der Waals surface area contributed by atoms with Gasteiger partial charge in [-0.25, -0.2) is 9.78 Å². The lowest BCUT2D eigenvalue weighted by molar-refractivity contribution is -0.385. The van der Waals surface area contributed by atoms with Gasteiger partial charge >= 0.3 is 11.7 Å². The average molecular weight is 269 g/mol. The fraction of sp³-hybridized carbons (Fsp3) is 0.455. The first-order chi connectivity index (χ1) is 8.76. The second-order valence-corrected chi connectivity index (χ2v) is 4.63. The first-order valence-electron chi connectivity index (χ1n) is 5.53. The number of rotatable bonds is 6. The zero-order valence-electron chi connectivity index (χ0n) is 10.6. The number of pyridine rings is 1. The van der Waals surface area contributed by atoms with E-state index in [1.54, 1.807) is 13.8 Å². The van der Waals surface area contributed by atoms with Crippen molar-refractivity contribution in [1.29, 1.82) is 0 Å². The van der Waals surface area contributed by atoms with Crippen LogP contribution in [0.2, 0.25) is 0 Å². The molecule has 3 N–H and O–H groups in total. The molecule has 0 amide bonds. The number of aliphatic hydroxyl groups is 1. The van der Waals surface area contributed by atoms with Gasteiger partial charge < -0.3 is 15.5 Å². The molecule has 1 aromatic rings. The number of nitro groups is 1. The van der Waals surface area contributed by atoms with Crippen LogP contribution in [-0.4, -0.2) is 38.2 Å². The standard InChI is InChI=1S/C11H15N3O5/c1-11(2,3-4-15)13-9-5-7(10(16)17)8(6-12-9)14(18)19/h5-6,15H,3-4H2,1-2H3,(H,12,13)(H,16,17). The highest BCUT2D eigenvalue weighted by atomic mass is 16.6. The van der Waals surface area contributed by atoms with Crippen LogP contribution in [0.3, 0.4) is 0 Å². The Labute approximate surface area is 109 Å². The number of nitrogens with zero attached hydrogens (tertiary/aromatic N) is 2. The molecule has 0 aromatic carbocycles. The van der Waals surface area contributed by atoms with Crippen LogP contribution in [0.4, 0.5) is 11.5 Å². The Morgan fingerprint density at radius 2 is 2.21 bits per heavy atom. The van der Waals surface area contributed by atoms with E-state index in [0.29, 0.717) is 6.42 Å². The summed E-state index contributed by atoms with van der Waals surface area (Å²) in [7, 11) is 0. The molecule has 0 spiro atoms. The third-order valence-corrected chi connectivity index (χ3v) is 2.51. The molecule has 1 heterocycles. The molecule has 0 saturated carbocycles. The summed E-state index contributed by atoms with van der Waals surface area (Å²) in [5.74, 6) is -1.18. The highest BCUT2D eigenvalue weighted by Crippen LogP contribution is 2.23. The maximum absolute atomic E-state index is 11.0. The largest absolute Gasteiger partial charge is 0.477 e. The van der Waals surface area contributed by atoms with Crippen molar-refractivity contribution in [2.45, 2.75) is 25.8 Å². The molecule has 0 aliphatic rings. The van der Waals surface area contributed by atoms with Gasteiger partial charge in [0.15, 0.2) is 0 Å². The summed E-state index contributed by atoms with van der Waals surface area (Å²) in [6, 6.07) is 1.11. The average Bonchev–Trinajstić information content (AvgIpc) is 2.27. The Morgan fingerprint density at radius 1 is 1.58 bits per heavy atom. The lowest BCUT2D eigenvalue weighted by Gasteiger charge is -2.26. The highest BCUT2D eigenvalue weighted by molar-refractivity contribution is 5.93. The van der Waals surface area contributed by atoms with Gasteiger partial charge in [-0.3, -0.25) is 10.1 Å². The maximum atomic E-state index is 11.0. The Balaban J connectivity index is 3.09. The molecule has 0 fully saturated rings. The van der Waals surface area contributed by atoms with Gasteiger partial charge in [-0.2, -0.15) is 0 Å². The number of hydrogen-bond donors (Lipinski definition) is 3. The predicted octanol–water partition coefficient (Wildman–Crippen LogP) is 1.26. The summed E-state index contributed by atoms with van der Waals surface area (Å²) in [4.78, 5) is 24.7. The molecule has 0 bridgehead atoms. The SMILES string of the molecule is CC(C)(CCO)Nc1cc(C(=O)O)c([N+](=O)[O-])cn1. The summed E-state index contributed by atoms with van der Waals surface area (Å²) in [5, 5.41) is 31.4. The molecule has 1 aromatic heterocycles. The van der Waals surface area contributed by atoms with Gasteiger partial charge in [-0.05, 0) is 20.3 Å². The predicted molar refractivity (Wildman–Crippen MR) is 67.3 cm³/mol. The topological polar surface area (TPSA) is 126 Å². The summed E-state index contributed by atoms with van der Waals surface area (Å²) in [6.07, 6.45) is 1.33. The van der Waals surface area contributed by atoms with E-state index >= 15 is 0 Å². The van der Waals surface area contributed by atoms with Crippen molar-refractivity contribution in [3.8, 4) is 0 Å². The van der Waals surface area contributed by atoms with Gasteiger partial charge in [-0.1, -0.05) is 0 Å². The van der Waals surface area contributed by atoms with Crippen LogP contribution in [-0.2, 0) is 0 Å². The minimum absolute atomic E-state index is 0.0429. The summed E-state index contributed by atoms with van der Waals surface area (Å²) < 4.78 is 0. The molecule has 0 aliphatic carbocycles. The summed E-state index contributed by atoms with van der Waals surface area (Å²) in [6.45, 7) is 3.55. The van der Waals surface area contributed by atoms with Gasteiger partial charge in [0.2, 0.25) is 0 Å². The van der Waals surface area contributed by atoms with E-state index in [9.17, 15) is 14.9 Å². The van der Waals surface area contributed by atoms with E-state index in [1.165, 1.54) is 0 Å². The van der Waals surface area contributed by atoms with Crippen LogP contribution in [0.25, 0.3) is 0 Å². The normalized spacial score (nSPS) is 11.1. The minimum Gasteiger partial charge on any atom is -0.477 e. The molecule has 0 aliphatic heterocycles. The molecule has 0 unspecified atom stereocenters. The third kappa shape index (κ3) is 3.88. The van der Waals surface area contributed by atoms with Crippen LogP contribution in [0.1, 0.15) is 30.6 Å². The Kier molecular flexibility index (Phi) is 4.38. The third-order valence-electron chi connectivity index (χ3n) is 2.51. The number of carboxylic acid groups (broad SMARTS) is 1. The molecule has 1 rings (SSSR count). The van der Waals surface area contributed by atoms with E-state index < -0.39 is 27.7 Å². The molecular formula is C11H15N3O5. The second kappa shape index (κ2) is 5.61. The number of anilines is 1. The maximum Gasteiger partial charge on any atom is 0.342 e. The van der Waals surface area contributed by atoms with Gasteiger partial charge in [-0.15, -0.1) is 0 Å². The Morgan fingerprint density at radius 3 is 2.68 bits per heavy atom. The fourth-order valence-electron chi connectivity index (χ4n) is 1.52. The van der Waals surface area contributed by atoms with Crippen molar-refractivity contribution in [2.24, 2.45) is 0 Å². The van der Waals surface area contributed by atoms with Gasteiger partial charge in [0.25, 0.3) is 0 Å². The molecule has 0 atom stereocenters. The molecule has 0 radical (unpaired) electrons. The number of aromatic carboxylic acids is 1. The van der Waals surface area contributed by atoms with Gasteiger partial charge in [0.1, 0.15) is 17.6 Å². The van der Waals surface area contributed by atoms with Crippen LogP contribution >= 0.6 is 0 Å². The van der Waals surface area contributed by atoms with E-state index in [2.05, 4.69) is 10.3 Å². The van der Waals surface area contributed by atoms with Crippen LogP contribution in [0.5, 0.6) is 0 Å². The first kappa shape index (κ1) is 14.8. The Hall–Kier alpha value is -2.22. The van der Waals surface area contributed by atoms with Crippen molar-refractivity contribution < 1.29 is 19.9 Å². The molecular weight excluding hydrogens is 254 g/mol. The van der Waals surface area contributed by atoms with Gasteiger partial charge in [0, 0.05) is 18.2 Å². The number of carbonyl (C=O) groups is 1. The van der Waals surface area contributed by atoms with E-state index in [1.807, 2.05) is 0 Å². The monoisotopic (exact) mass is 269 g/mol. The van der Waals surface area contributed by atoms with Crippen molar-refractivity contribution >= 4 is 17.5 Å². The molecule has 8 heteroatoms. The van der Waals surface area contributed by atoms with Crippen molar-refractivity contribution in [3.63, 3.8) is 0 Å². The van der Waals surface area contributed by atoms with Crippen molar-refractivity contribution in [3.05, 3.63) is 27.9 Å². The lowest BCUT2D eigenvalue weighted by Crippen LogP contribution is -2.32. The van der Waals surface area contributed by atoms with Crippen molar-refractivity contribution in [2.75, 3.05) is 11.9 Å². The summed E-state index contributed by atoms with van der Waals surface area (Å²) in [5.41, 5.74) is -1.49. The summed E-state index contributed by atoms with van der Waals surface area (Å²) >= 11 is 0. The quantitative estimate of drug-likeness (QED) is 0.524. The molecule has 19 heavy (non-hydrogen) atoms. The van der Waals surface area contributed by atoms with E-state index in [-0.39, 0.29) is 12.4 Å². The number of nitrogens with one attached hydrogen (secondary N) is 1. The molecule has 104 valence electrons. The zero-order valence-corrected chi connectivity index (χ0v) is 10.6. The minimum atomic E-state index is -1.39. The number of aromatic nitrogens is 1. The van der Waals surface area contributed by atoms with E-state index in [0.717, 1.165) is 12.3 Å². The van der Waals surface area contributed by atoms with Crippen LogP contribution in [0.15, 0.2) is 12.3 Å². The number of hydrogen-bond acceptors (Lipinski definition) is 6.